The highest BCUT2D eigenvalue weighted by molar-refractivity contribution is 6.05. The molecule has 0 N–H and O–H groups in total. The van der Waals surface area contributed by atoms with Crippen molar-refractivity contribution >= 4 is 5.78 Å². The van der Waals surface area contributed by atoms with Crippen molar-refractivity contribution in [2.75, 3.05) is 0 Å². The minimum Gasteiger partial charge on any atom is -0.618 e. The quantitative estimate of drug-likeness (QED) is 0.412. The molecule has 0 atom stereocenters. The van der Waals surface area contributed by atoms with E-state index in [2.05, 4.69) is 4.98 Å². The summed E-state index contributed by atoms with van der Waals surface area (Å²) in [5.74, 6) is -0.369. The average Bonchev–Trinajstić information content (AvgIpc) is 2.30. The molecule has 0 aliphatic heterocycles. The molecule has 0 saturated carbocycles. The van der Waals surface area contributed by atoms with Gasteiger partial charge in [0.25, 0.3) is 11.5 Å². The molecule has 4 nitrogen and oxygen atoms in total. The number of ketones is 1. The lowest BCUT2D eigenvalue weighted by atomic mass is 10.2. The summed E-state index contributed by atoms with van der Waals surface area (Å²) in [6, 6.07) is 9.69. The largest absolute Gasteiger partial charge is 0.618 e. The van der Waals surface area contributed by atoms with Gasteiger partial charge in [-0.2, -0.15) is 4.73 Å². The Labute approximate surface area is 86.4 Å². The lowest BCUT2D eigenvalue weighted by Crippen LogP contribution is -2.34. The predicted octanol–water partition coefficient (Wildman–Crippen LogP) is 0.946. The van der Waals surface area contributed by atoms with Gasteiger partial charge < -0.3 is 5.21 Å². The van der Waals surface area contributed by atoms with Crippen LogP contribution in [0.4, 0.5) is 0 Å². The first-order valence-corrected chi connectivity index (χ1v) is 4.43. The van der Waals surface area contributed by atoms with Crippen molar-refractivity contribution in [2.24, 2.45) is 0 Å². The number of pyridine rings is 2. The second kappa shape index (κ2) is 3.88. The normalized spacial score (nSPS) is 9.87. The van der Waals surface area contributed by atoms with Crippen LogP contribution in [0, 0.1) is 5.21 Å². The van der Waals surface area contributed by atoms with Crippen LogP contribution in [0.5, 0.6) is 0 Å². The first-order chi connectivity index (χ1) is 7.29. The molecule has 0 aliphatic rings. The van der Waals surface area contributed by atoms with E-state index in [0.29, 0.717) is 4.73 Å². The second-order valence-corrected chi connectivity index (χ2v) is 2.96. The third kappa shape index (κ3) is 1.83. The van der Waals surface area contributed by atoms with E-state index in [9.17, 15) is 10.0 Å². The molecule has 0 aliphatic carbocycles. The molecule has 15 heavy (non-hydrogen) atoms. The summed E-state index contributed by atoms with van der Waals surface area (Å²) in [5.41, 5.74) is 0.351. The highest BCUT2D eigenvalue weighted by atomic mass is 16.5. The lowest BCUT2D eigenvalue weighted by molar-refractivity contribution is -0.607. The molecule has 0 aromatic carbocycles. The van der Waals surface area contributed by atoms with E-state index < -0.39 is 0 Å². The summed E-state index contributed by atoms with van der Waals surface area (Å²) < 4.78 is 0.539. The molecule has 0 unspecified atom stereocenters. The van der Waals surface area contributed by atoms with Crippen LogP contribution in [0.3, 0.4) is 0 Å². The maximum atomic E-state index is 11.8. The third-order valence-corrected chi connectivity index (χ3v) is 1.95. The molecule has 2 aromatic heterocycles. The lowest BCUT2D eigenvalue weighted by Gasteiger charge is -2.01. The van der Waals surface area contributed by atoms with E-state index in [0.717, 1.165) is 0 Å². The third-order valence-electron chi connectivity index (χ3n) is 1.95. The van der Waals surface area contributed by atoms with Gasteiger partial charge in [-0.25, -0.2) is 0 Å². The van der Waals surface area contributed by atoms with Gasteiger partial charge >= 0.3 is 0 Å². The van der Waals surface area contributed by atoms with E-state index in [1.165, 1.54) is 18.5 Å². The fourth-order valence-corrected chi connectivity index (χ4v) is 1.23. The Balaban J connectivity index is 2.42. The Bertz CT molecular complexity index is 483. The van der Waals surface area contributed by atoms with Gasteiger partial charge in [-0.15, -0.1) is 0 Å². The van der Waals surface area contributed by atoms with E-state index in [4.69, 9.17) is 0 Å². The Morgan fingerprint density at radius 2 is 2.00 bits per heavy atom. The molecule has 2 rings (SSSR count). The Kier molecular flexibility index (Phi) is 2.41. The monoisotopic (exact) mass is 200 g/mol. The highest BCUT2D eigenvalue weighted by Crippen LogP contribution is 2.02. The minimum atomic E-state index is -0.369. The summed E-state index contributed by atoms with van der Waals surface area (Å²) in [7, 11) is 0. The van der Waals surface area contributed by atoms with Crippen LogP contribution in [-0.2, 0) is 0 Å². The summed E-state index contributed by atoms with van der Waals surface area (Å²) in [6.07, 6.45) is 2.81. The van der Waals surface area contributed by atoms with Gasteiger partial charge in [0.1, 0.15) is 5.69 Å². The molecule has 0 bridgehead atoms. The fraction of sp³-hybridized carbons (Fsp3) is 0. The smallest absolute Gasteiger partial charge is 0.276 e. The summed E-state index contributed by atoms with van der Waals surface area (Å²) in [6.45, 7) is 0. The first kappa shape index (κ1) is 9.33. The van der Waals surface area contributed by atoms with Crippen molar-refractivity contribution in [1.82, 2.24) is 4.98 Å². The van der Waals surface area contributed by atoms with Gasteiger partial charge in [0.2, 0.25) is 0 Å². The van der Waals surface area contributed by atoms with Crippen LogP contribution >= 0.6 is 0 Å². The summed E-state index contributed by atoms with van der Waals surface area (Å²) in [4.78, 5) is 15.7. The molecular weight excluding hydrogens is 192 g/mol. The van der Waals surface area contributed by atoms with E-state index in [1.807, 2.05) is 0 Å². The average molecular weight is 200 g/mol. The topological polar surface area (TPSA) is 56.9 Å². The van der Waals surface area contributed by atoms with E-state index >= 15 is 0 Å². The van der Waals surface area contributed by atoms with Gasteiger partial charge in [0, 0.05) is 18.3 Å². The zero-order valence-electron chi connectivity index (χ0n) is 7.83. The minimum absolute atomic E-state index is 0.0798. The number of hydrogen-bond acceptors (Lipinski definition) is 3. The van der Waals surface area contributed by atoms with Crippen LogP contribution in [0.1, 0.15) is 16.2 Å². The van der Waals surface area contributed by atoms with Crippen molar-refractivity contribution < 1.29 is 9.52 Å². The van der Waals surface area contributed by atoms with E-state index in [1.54, 1.807) is 30.3 Å². The molecule has 0 fully saturated rings. The zero-order valence-corrected chi connectivity index (χ0v) is 7.83. The predicted molar refractivity (Wildman–Crippen MR) is 53.1 cm³/mol. The Hall–Kier alpha value is -2.23. The van der Waals surface area contributed by atoms with Gasteiger partial charge in [-0.3, -0.25) is 9.78 Å². The van der Waals surface area contributed by atoms with Gasteiger partial charge in [0.15, 0.2) is 6.20 Å². The summed E-state index contributed by atoms with van der Waals surface area (Å²) in [5, 5.41) is 11.3. The molecule has 0 spiro atoms. The molecular formula is C11H8N2O2. The number of carbonyl (C=O) groups excluding carboxylic acids is 1. The maximum absolute atomic E-state index is 11.8. The van der Waals surface area contributed by atoms with Crippen LogP contribution in [0.15, 0.2) is 48.8 Å². The molecule has 2 heterocycles. The van der Waals surface area contributed by atoms with Crippen LogP contribution in [0.25, 0.3) is 0 Å². The number of nitrogens with zero attached hydrogens (tertiary/aromatic N) is 2. The second-order valence-electron chi connectivity index (χ2n) is 2.96. The van der Waals surface area contributed by atoms with Gasteiger partial charge in [-0.1, -0.05) is 6.07 Å². The Morgan fingerprint density at radius 3 is 2.67 bits per heavy atom. The number of hydrogen-bond donors (Lipinski definition) is 0. The SMILES string of the molecule is O=C(c1ccccn1)c1cccc[n+]1[O-]. The number of rotatable bonds is 2. The molecule has 74 valence electrons. The zero-order chi connectivity index (χ0) is 10.7. The standard InChI is InChI=1S/C11H8N2O2/c14-11(9-5-1-3-7-12-9)10-6-2-4-8-13(10)15/h1-8H. The van der Waals surface area contributed by atoms with Crippen molar-refractivity contribution in [2.45, 2.75) is 0 Å². The van der Waals surface area contributed by atoms with Gasteiger partial charge in [-0.05, 0) is 18.2 Å². The van der Waals surface area contributed by atoms with Crippen molar-refractivity contribution in [3.63, 3.8) is 0 Å². The fourth-order valence-electron chi connectivity index (χ4n) is 1.23. The number of carbonyl (C=O) groups is 1. The molecule has 4 heteroatoms. The van der Waals surface area contributed by atoms with Crippen LogP contribution in [0.2, 0.25) is 0 Å². The van der Waals surface area contributed by atoms with Crippen LogP contribution < -0.4 is 4.73 Å². The molecule has 0 amide bonds. The number of aromatic nitrogens is 2. The van der Waals surface area contributed by atoms with Crippen LogP contribution in [-0.4, -0.2) is 10.8 Å². The Morgan fingerprint density at radius 1 is 1.20 bits per heavy atom. The van der Waals surface area contributed by atoms with E-state index in [-0.39, 0.29) is 17.2 Å². The highest BCUT2D eigenvalue weighted by Gasteiger charge is 2.17. The first-order valence-electron chi connectivity index (χ1n) is 4.43. The maximum Gasteiger partial charge on any atom is 0.276 e. The van der Waals surface area contributed by atoms with Gasteiger partial charge in [0.05, 0.1) is 0 Å². The summed E-state index contributed by atoms with van der Waals surface area (Å²) >= 11 is 0. The molecule has 0 saturated heterocycles. The van der Waals surface area contributed by atoms with Crippen molar-refractivity contribution in [3.8, 4) is 0 Å². The van der Waals surface area contributed by atoms with Crippen molar-refractivity contribution in [1.29, 1.82) is 0 Å². The molecule has 0 radical (unpaired) electrons. The molecule has 2 aromatic rings. The van der Waals surface area contributed by atoms with Crippen molar-refractivity contribution in [3.05, 3.63) is 65.4 Å².